The maximum absolute atomic E-state index is 6.10. The van der Waals surface area contributed by atoms with Gasteiger partial charge in [0, 0.05) is 12.0 Å². The average molecular weight is 300 g/mol. The van der Waals surface area contributed by atoms with Crippen molar-refractivity contribution in [1.29, 1.82) is 0 Å². The highest BCUT2D eigenvalue weighted by molar-refractivity contribution is 5.30. The van der Waals surface area contributed by atoms with Crippen LogP contribution in [0.3, 0.4) is 0 Å². The molecule has 0 aliphatic carbocycles. The summed E-state index contributed by atoms with van der Waals surface area (Å²) in [4.78, 5) is 0. The van der Waals surface area contributed by atoms with Crippen molar-refractivity contribution in [2.24, 2.45) is 0 Å². The third-order valence-electron chi connectivity index (χ3n) is 3.81. The molecule has 1 fully saturated rings. The van der Waals surface area contributed by atoms with E-state index in [9.17, 15) is 0 Å². The van der Waals surface area contributed by atoms with Crippen molar-refractivity contribution in [2.45, 2.75) is 18.8 Å². The highest BCUT2D eigenvalue weighted by Crippen LogP contribution is 2.35. The van der Waals surface area contributed by atoms with Gasteiger partial charge >= 0.3 is 0 Å². The van der Waals surface area contributed by atoms with Crippen LogP contribution >= 0.6 is 0 Å². The van der Waals surface area contributed by atoms with Crippen molar-refractivity contribution < 1.29 is 18.9 Å². The van der Waals surface area contributed by atoms with E-state index in [1.165, 1.54) is 0 Å². The molecule has 2 aromatic rings. The molecule has 0 aromatic heterocycles. The summed E-state index contributed by atoms with van der Waals surface area (Å²) in [6.07, 6.45) is 0.539. The van der Waals surface area contributed by atoms with Crippen LogP contribution in [0.15, 0.2) is 48.5 Å². The van der Waals surface area contributed by atoms with Crippen LogP contribution < -0.4 is 9.47 Å². The van der Waals surface area contributed by atoms with Crippen molar-refractivity contribution in [3.05, 3.63) is 59.7 Å². The lowest BCUT2D eigenvalue weighted by Gasteiger charge is -2.31. The molecule has 2 aromatic carbocycles. The number of benzene rings is 2. The van der Waals surface area contributed by atoms with Crippen LogP contribution in [0.4, 0.5) is 0 Å². The van der Waals surface area contributed by atoms with Crippen molar-refractivity contribution in [2.75, 3.05) is 20.8 Å². The molecule has 4 heteroatoms. The van der Waals surface area contributed by atoms with E-state index in [1.807, 2.05) is 48.5 Å². The van der Waals surface area contributed by atoms with Gasteiger partial charge in [-0.3, -0.25) is 0 Å². The Labute approximate surface area is 130 Å². The highest BCUT2D eigenvalue weighted by atomic mass is 16.7. The molecule has 0 spiro atoms. The zero-order chi connectivity index (χ0) is 15.4. The van der Waals surface area contributed by atoms with E-state index in [4.69, 9.17) is 18.9 Å². The van der Waals surface area contributed by atoms with E-state index in [2.05, 4.69) is 0 Å². The quantitative estimate of drug-likeness (QED) is 0.858. The number of hydrogen-bond acceptors (Lipinski definition) is 4. The molecular weight excluding hydrogens is 280 g/mol. The van der Waals surface area contributed by atoms with Crippen LogP contribution in [0, 0.1) is 0 Å². The Bertz CT molecular complexity index is 538. The fourth-order valence-electron chi connectivity index (χ4n) is 2.54. The molecule has 1 aliphatic heterocycles. The van der Waals surface area contributed by atoms with Crippen LogP contribution in [0.2, 0.25) is 0 Å². The minimum absolute atomic E-state index is 0.0340. The van der Waals surface area contributed by atoms with Crippen molar-refractivity contribution in [3.8, 4) is 11.5 Å². The lowest BCUT2D eigenvalue weighted by atomic mass is 10.1. The lowest BCUT2D eigenvalue weighted by Crippen LogP contribution is -2.21. The molecule has 2 unspecified atom stereocenters. The Kier molecular flexibility index (Phi) is 4.61. The standard InChI is InChI=1S/C18H20O4/c1-19-15-7-3-13(4-8-15)17-11-12-21-18(22-17)14-5-9-16(20-2)10-6-14/h3-10,17-18H,11-12H2,1-2H3. The summed E-state index contributed by atoms with van der Waals surface area (Å²) < 4.78 is 22.2. The topological polar surface area (TPSA) is 36.9 Å². The summed E-state index contributed by atoms with van der Waals surface area (Å²) in [7, 11) is 3.32. The maximum atomic E-state index is 6.10. The van der Waals surface area contributed by atoms with Gasteiger partial charge in [-0.15, -0.1) is 0 Å². The first kappa shape index (κ1) is 14.9. The van der Waals surface area contributed by atoms with E-state index in [0.29, 0.717) is 6.61 Å². The van der Waals surface area contributed by atoms with Gasteiger partial charge in [-0.25, -0.2) is 0 Å². The summed E-state index contributed by atoms with van der Waals surface area (Å²) in [5.74, 6) is 1.67. The Balaban J connectivity index is 1.72. The van der Waals surface area contributed by atoms with Gasteiger partial charge < -0.3 is 18.9 Å². The number of methoxy groups -OCH3 is 2. The van der Waals surface area contributed by atoms with E-state index < -0.39 is 0 Å². The molecule has 116 valence electrons. The van der Waals surface area contributed by atoms with Gasteiger partial charge in [0.25, 0.3) is 0 Å². The SMILES string of the molecule is COc1ccc(C2CCOC(c3ccc(OC)cc3)O2)cc1. The van der Waals surface area contributed by atoms with Crippen LogP contribution in [-0.4, -0.2) is 20.8 Å². The molecule has 0 amide bonds. The Morgan fingerprint density at radius 3 is 1.91 bits per heavy atom. The molecule has 0 bridgehead atoms. The Hall–Kier alpha value is -2.04. The van der Waals surface area contributed by atoms with Crippen molar-refractivity contribution in [1.82, 2.24) is 0 Å². The molecule has 4 nitrogen and oxygen atoms in total. The smallest absolute Gasteiger partial charge is 0.184 e. The maximum Gasteiger partial charge on any atom is 0.184 e. The first-order chi connectivity index (χ1) is 10.8. The van der Waals surface area contributed by atoms with Crippen LogP contribution in [0.5, 0.6) is 11.5 Å². The minimum Gasteiger partial charge on any atom is -0.497 e. The van der Waals surface area contributed by atoms with Gasteiger partial charge in [0.15, 0.2) is 6.29 Å². The second-order valence-electron chi connectivity index (χ2n) is 5.16. The van der Waals surface area contributed by atoms with E-state index >= 15 is 0 Å². The molecule has 2 atom stereocenters. The fourth-order valence-corrected chi connectivity index (χ4v) is 2.54. The monoisotopic (exact) mass is 300 g/mol. The second-order valence-corrected chi connectivity index (χ2v) is 5.16. The predicted octanol–water partition coefficient (Wildman–Crippen LogP) is 3.88. The lowest BCUT2D eigenvalue weighted by molar-refractivity contribution is -0.219. The second kappa shape index (κ2) is 6.81. The highest BCUT2D eigenvalue weighted by Gasteiger charge is 2.25. The number of hydrogen-bond donors (Lipinski definition) is 0. The van der Waals surface area contributed by atoms with Gasteiger partial charge in [0.1, 0.15) is 11.5 Å². The molecular formula is C18H20O4. The van der Waals surface area contributed by atoms with Gasteiger partial charge in [0.05, 0.1) is 26.9 Å². The van der Waals surface area contributed by atoms with Crippen LogP contribution in [0.1, 0.15) is 29.9 Å². The normalized spacial score (nSPS) is 21.4. The Morgan fingerprint density at radius 1 is 0.818 bits per heavy atom. The predicted molar refractivity (Wildman–Crippen MR) is 83.1 cm³/mol. The minimum atomic E-state index is -0.341. The molecule has 1 saturated heterocycles. The summed E-state index contributed by atoms with van der Waals surface area (Å²) in [6, 6.07) is 15.8. The largest absolute Gasteiger partial charge is 0.497 e. The first-order valence-corrected chi connectivity index (χ1v) is 7.35. The fraction of sp³-hybridized carbons (Fsp3) is 0.333. The number of ether oxygens (including phenoxy) is 4. The molecule has 22 heavy (non-hydrogen) atoms. The summed E-state index contributed by atoms with van der Waals surface area (Å²) in [5.41, 5.74) is 2.14. The van der Waals surface area contributed by atoms with Crippen LogP contribution in [0.25, 0.3) is 0 Å². The zero-order valence-electron chi connectivity index (χ0n) is 12.8. The Morgan fingerprint density at radius 2 is 1.36 bits per heavy atom. The average Bonchev–Trinajstić information content (AvgIpc) is 2.62. The molecule has 0 N–H and O–H groups in total. The van der Waals surface area contributed by atoms with Crippen molar-refractivity contribution in [3.63, 3.8) is 0 Å². The van der Waals surface area contributed by atoms with Crippen LogP contribution in [-0.2, 0) is 9.47 Å². The summed E-state index contributed by atoms with van der Waals surface area (Å²) >= 11 is 0. The third kappa shape index (κ3) is 3.24. The van der Waals surface area contributed by atoms with Gasteiger partial charge in [0.2, 0.25) is 0 Å². The first-order valence-electron chi connectivity index (χ1n) is 7.35. The van der Waals surface area contributed by atoms with E-state index in [0.717, 1.165) is 29.0 Å². The van der Waals surface area contributed by atoms with E-state index in [-0.39, 0.29) is 12.4 Å². The van der Waals surface area contributed by atoms with Gasteiger partial charge in [-0.05, 0) is 29.8 Å². The molecule has 0 saturated carbocycles. The summed E-state index contributed by atoms with van der Waals surface area (Å²) in [5, 5.41) is 0. The molecule has 0 radical (unpaired) electrons. The zero-order valence-corrected chi connectivity index (χ0v) is 12.8. The third-order valence-corrected chi connectivity index (χ3v) is 3.81. The van der Waals surface area contributed by atoms with E-state index in [1.54, 1.807) is 14.2 Å². The van der Waals surface area contributed by atoms with Gasteiger partial charge in [-0.2, -0.15) is 0 Å². The summed E-state index contributed by atoms with van der Waals surface area (Å²) in [6.45, 7) is 0.674. The molecule has 1 aliphatic rings. The van der Waals surface area contributed by atoms with Gasteiger partial charge in [-0.1, -0.05) is 24.3 Å². The molecule has 1 heterocycles. The molecule has 3 rings (SSSR count). The number of rotatable bonds is 4. The van der Waals surface area contributed by atoms with Crippen molar-refractivity contribution >= 4 is 0 Å².